The van der Waals surface area contributed by atoms with Gasteiger partial charge in [-0.3, -0.25) is 9.59 Å². The standard InChI is InChI=1S/C24H33F3N4O2/c1-16(2)13-22(32)31-12-9-21(29-28)18(15-31)14-23(33)30-10-7-17(8-11-30)19-5-3-4-6-20(19)24(25,26)27/h3-6,16-18H,7-15,28H2,1-2H3/b29-21+. The highest BCUT2D eigenvalue weighted by Crippen LogP contribution is 2.38. The highest BCUT2D eigenvalue weighted by atomic mass is 19.4. The van der Waals surface area contributed by atoms with E-state index in [1.54, 1.807) is 21.9 Å². The van der Waals surface area contributed by atoms with Crippen molar-refractivity contribution in [2.75, 3.05) is 26.2 Å². The van der Waals surface area contributed by atoms with Crippen molar-refractivity contribution < 1.29 is 22.8 Å². The molecule has 0 aliphatic carbocycles. The number of carbonyl (C=O) groups excluding carboxylic acids is 2. The molecule has 2 N–H and O–H groups in total. The van der Waals surface area contributed by atoms with Gasteiger partial charge >= 0.3 is 6.18 Å². The number of amides is 2. The van der Waals surface area contributed by atoms with E-state index in [2.05, 4.69) is 5.10 Å². The Morgan fingerprint density at radius 1 is 1.09 bits per heavy atom. The third-order valence-corrected chi connectivity index (χ3v) is 6.63. The SMILES string of the molecule is CC(C)CC(=O)N1CC/C(=N\N)C(CC(=O)N2CCC(c3ccccc3C(F)(F)F)CC2)C1. The molecule has 1 unspecified atom stereocenters. The molecule has 1 aromatic carbocycles. The molecule has 0 spiro atoms. The largest absolute Gasteiger partial charge is 0.416 e. The van der Waals surface area contributed by atoms with Crippen LogP contribution in [0.1, 0.15) is 63.0 Å². The minimum Gasteiger partial charge on any atom is -0.343 e. The molecule has 2 heterocycles. The second-order valence-electron chi connectivity index (χ2n) is 9.45. The molecule has 0 radical (unpaired) electrons. The Hall–Kier alpha value is -2.58. The number of piperidine rings is 2. The molecule has 182 valence electrons. The van der Waals surface area contributed by atoms with Gasteiger partial charge in [-0.2, -0.15) is 18.3 Å². The van der Waals surface area contributed by atoms with Crippen LogP contribution in [0.2, 0.25) is 0 Å². The topological polar surface area (TPSA) is 79.0 Å². The van der Waals surface area contributed by atoms with E-state index in [0.717, 1.165) is 11.8 Å². The first-order chi connectivity index (χ1) is 15.6. The van der Waals surface area contributed by atoms with Crippen LogP contribution in [0.4, 0.5) is 13.2 Å². The molecule has 2 fully saturated rings. The van der Waals surface area contributed by atoms with E-state index < -0.39 is 11.7 Å². The molecule has 3 rings (SSSR count). The van der Waals surface area contributed by atoms with Crippen LogP contribution < -0.4 is 5.84 Å². The Balaban J connectivity index is 1.60. The maximum absolute atomic E-state index is 13.4. The highest BCUT2D eigenvalue weighted by molar-refractivity contribution is 5.93. The van der Waals surface area contributed by atoms with E-state index in [-0.39, 0.29) is 36.0 Å². The predicted molar refractivity (Wildman–Crippen MR) is 120 cm³/mol. The summed E-state index contributed by atoms with van der Waals surface area (Å²) in [5.41, 5.74) is 0.458. The summed E-state index contributed by atoms with van der Waals surface area (Å²) in [4.78, 5) is 29.0. The lowest BCUT2D eigenvalue weighted by molar-refractivity contribution is -0.139. The van der Waals surface area contributed by atoms with Gasteiger partial charge in [0, 0.05) is 57.1 Å². The second-order valence-corrected chi connectivity index (χ2v) is 9.45. The Morgan fingerprint density at radius 2 is 1.76 bits per heavy atom. The Labute approximate surface area is 193 Å². The summed E-state index contributed by atoms with van der Waals surface area (Å²) in [5, 5.41) is 3.87. The van der Waals surface area contributed by atoms with E-state index in [9.17, 15) is 22.8 Å². The number of nitrogens with zero attached hydrogens (tertiary/aromatic N) is 3. The summed E-state index contributed by atoms with van der Waals surface area (Å²) < 4.78 is 40.1. The second kappa shape index (κ2) is 10.6. The van der Waals surface area contributed by atoms with Gasteiger partial charge in [-0.1, -0.05) is 32.0 Å². The van der Waals surface area contributed by atoms with Gasteiger partial charge in [0.05, 0.1) is 5.56 Å². The minimum atomic E-state index is -4.39. The molecule has 2 amide bonds. The van der Waals surface area contributed by atoms with E-state index >= 15 is 0 Å². The third kappa shape index (κ3) is 6.26. The van der Waals surface area contributed by atoms with Gasteiger partial charge < -0.3 is 15.6 Å². The number of alkyl halides is 3. The number of likely N-dealkylation sites (tertiary alicyclic amines) is 2. The van der Waals surface area contributed by atoms with Crippen LogP contribution >= 0.6 is 0 Å². The number of hydrazone groups is 1. The minimum absolute atomic E-state index is 0.0677. The molecular weight excluding hydrogens is 433 g/mol. The van der Waals surface area contributed by atoms with Crippen LogP contribution in [0.15, 0.2) is 29.4 Å². The Kier molecular flexibility index (Phi) is 8.02. The summed E-state index contributed by atoms with van der Waals surface area (Å²) >= 11 is 0. The average Bonchev–Trinajstić information content (AvgIpc) is 2.78. The summed E-state index contributed by atoms with van der Waals surface area (Å²) in [6.07, 6.45) is -2.20. The number of nitrogens with two attached hydrogens (primary N) is 1. The van der Waals surface area contributed by atoms with Crippen LogP contribution in [-0.2, 0) is 15.8 Å². The fourth-order valence-corrected chi connectivity index (χ4v) is 4.86. The van der Waals surface area contributed by atoms with Crippen LogP contribution in [0.25, 0.3) is 0 Å². The fraction of sp³-hybridized carbons (Fsp3) is 0.625. The van der Waals surface area contributed by atoms with Crippen molar-refractivity contribution in [1.29, 1.82) is 0 Å². The first-order valence-electron chi connectivity index (χ1n) is 11.6. The van der Waals surface area contributed by atoms with E-state index in [1.165, 1.54) is 6.07 Å². The van der Waals surface area contributed by atoms with Gasteiger partial charge in [0.15, 0.2) is 0 Å². The molecule has 2 aliphatic heterocycles. The van der Waals surface area contributed by atoms with Crippen LogP contribution in [0.3, 0.4) is 0 Å². The molecule has 9 heteroatoms. The summed E-state index contributed by atoms with van der Waals surface area (Å²) in [5.74, 6) is 5.35. The number of carbonyl (C=O) groups is 2. The van der Waals surface area contributed by atoms with Crippen LogP contribution in [-0.4, -0.2) is 53.5 Å². The third-order valence-electron chi connectivity index (χ3n) is 6.63. The molecule has 33 heavy (non-hydrogen) atoms. The molecule has 0 saturated carbocycles. The quantitative estimate of drug-likeness (QED) is 0.526. The Morgan fingerprint density at radius 3 is 2.36 bits per heavy atom. The van der Waals surface area contributed by atoms with Gasteiger partial charge in [0.1, 0.15) is 0 Å². The number of hydrogen-bond donors (Lipinski definition) is 1. The molecular formula is C24H33F3N4O2. The molecule has 6 nitrogen and oxygen atoms in total. The van der Waals surface area contributed by atoms with Crippen LogP contribution in [0, 0.1) is 11.8 Å². The van der Waals surface area contributed by atoms with Gasteiger partial charge in [0.25, 0.3) is 0 Å². The first kappa shape index (κ1) is 25.1. The van der Waals surface area contributed by atoms with Crippen molar-refractivity contribution in [3.05, 3.63) is 35.4 Å². The Bertz CT molecular complexity index is 877. The molecule has 1 aromatic rings. The van der Waals surface area contributed by atoms with Gasteiger partial charge in [-0.15, -0.1) is 0 Å². The predicted octanol–water partition coefficient (Wildman–Crippen LogP) is 4.01. The van der Waals surface area contributed by atoms with Gasteiger partial charge in [0.2, 0.25) is 11.8 Å². The molecule has 0 bridgehead atoms. The smallest absolute Gasteiger partial charge is 0.343 e. The summed E-state index contributed by atoms with van der Waals surface area (Å²) in [6, 6.07) is 5.70. The summed E-state index contributed by atoms with van der Waals surface area (Å²) in [6.45, 7) is 5.78. The van der Waals surface area contributed by atoms with E-state index in [0.29, 0.717) is 57.4 Å². The van der Waals surface area contributed by atoms with Crippen molar-refractivity contribution in [1.82, 2.24) is 9.80 Å². The fourth-order valence-electron chi connectivity index (χ4n) is 4.86. The average molecular weight is 467 g/mol. The number of halogens is 3. The first-order valence-corrected chi connectivity index (χ1v) is 11.6. The van der Waals surface area contributed by atoms with E-state index in [1.807, 2.05) is 13.8 Å². The zero-order valence-corrected chi connectivity index (χ0v) is 19.3. The molecule has 2 aliphatic rings. The highest BCUT2D eigenvalue weighted by Gasteiger charge is 2.37. The molecule has 1 atom stereocenters. The van der Waals surface area contributed by atoms with Crippen molar-refractivity contribution >= 4 is 17.5 Å². The van der Waals surface area contributed by atoms with Crippen molar-refractivity contribution in [3.63, 3.8) is 0 Å². The lowest BCUT2D eigenvalue weighted by Gasteiger charge is -2.37. The maximum Gasteiger partial charge on any atom is 0.416 e. The number of hydrogen-bond acceptors (Lipinski definition) is 4. The number of rotatable bonds is 5. The molecule has 2 saturated heterocycles. The zero-order valence-electron chi connectivity index (χ0n) is 19.3. The van der Waals surface area contributed by atoms with Crippen molar-refractivity contribution in [3.8, 4) is 0 Å². The molecule has 0 aromatic heterocycles. The van der Waals surface area contributed by atoms with Crippen molar-refractivity contribution in [2.24, 2.45) is 22.8 Å². The van der Waals surface area contributed by atoms with Crippen molar-refractivity contribution in [2.45, 2.75) is 58.0 Å². The lowest BCUT2D eigenvalue weighted by Crippen LogP contribution is -2.47. The zero-order chi connectivity index (χ0) is 24.2. The number of benzene rings is 1. The van der Waals surface area contributed by atoms with Gasteiger partial charge in [-0.05, 0) is 36.3 Å². The maximum atomic E-state index is 13.4. The normalized spacial score (nSPS) is 21.6. The lowest BCUT2D eigenvalue weighted by atomic mass is 9.85. The monoisotopic (exact) mass is 466 g/mol. The van der Waals surface area contributed by atoms with Gasteiger partial charge in [-0.25, -0.2) is 0 Å². The summed E-state index contributed by atoms with van der Waals surface area (Å²) in [7, 11) is 0. The van der Waals surface area contributed by atoms with E-state index in [4.69, 9.17) is 5.84 Å². The van der Waals surface area contributed by atoms with Crippen LogP contribution in [0.5, 0.6) is 0 Å².